The summed E-state index contributed by atoms with van der Waals surface area (Å²) in [6, 6.07) is 5.97. The molecule has 0 bridgehead atoms. The fraction of sp³-hybridized carbons (Fsp3) is 0. The van der Waals surface area contributed by atoms with Gasteiger partial charge in [-0.3, -0.25) is 4.79 Å². The van der Waals surface area contributed by atoms with Crippen molar-refractivity contribution in [1.82, 2.24) is 4.98 Å². The average molecular weight is 293 g/mol. The fourth-order valence-electron chi connectivity index (χ4n) is 1.52. The van der Waals surface area contributed by atoms with Crippen LogP contribution < -0.4 is 5.43 Å². The number of hydrogen-bond acceptors (Lipinski definition) is 3. The van der Waals surface area contributed by atoms with Gasteiger partial charge in [0, 0.05) is 15.9 Å². The summed E-state index contributed by atoms with van der Waals surface area (Å²) in [5.41, 5.74) is -0.217. The summed E-state index contributed by atoms with van der Waals surface area (Å²) in [5, 5.41) is 18.0. The van der Waals surface area contributed by atoms with E-state index in [-0.39, 0.29) is 22.2 Å². The number of carbonyl (C=O) groups is 1. The number of aromatic nitrogens is 1. The highest BCUT2D eigenvalue weighted by molar-refractivity contribution is 9.10. The Bertz CT molecular complexity index is 728. The molecule has 2 rings (SSSR count). The lowest BCUT2D eigenvalue weighted by atomic mass is 10.1. The van der Waals surface area contributed by atoms with Crippen LogP contribution in [0.1, 0.15) is 16.1 Å². The van der Waals surface area contributed by atoms with Crippen LogP contribution >= 0.6 is 15.9 Å². The topological polar surface area (TPSA) is 93.9 Å². The molecular formula is C11H5BrN2O3. The normalized spacial score (nSPS) is 10.1. The molecule has 0 aliphatic rings. The molecule has 0 radical (unpaired) electrons. The molecule has 1 aromatic carbocycles. The summed E-state index contributed by atoms with van der Waals surface area (Å²) in [5.74, 6) is -1.24. The Labute approximate surface area is 103 Å². The first-order valence-electron chi connectivity index (χ1n) is 4.53. The maximum Gasteiger partial charge on any atom is 0.352 e. The number of H-pyrrole nitrogens is 1. The number of pyridine rings is 1. The van der Waals surface area contributed by atoms with Gasteiger partial charge in [-0.05, 0) is 12.1 Å². The maximum atomic E-state index is 11.7. The van der Waals surface area contributed by atoms with Crippen LogP contribution in [0.25, 0.3) is 10.9 Å². The summed E-state index contributed by atoms with van der Waals surface area (Å²) in [7, 11) is 0. The highest BCUT2D eigenvalue weighted by Gasteiger charge is 2.11. The fourth-order valence-corrected chi connectivity index (χ4v) is 1.98. The van der Waals surface area contributed by atoms with Gasteiger partial charge in [0.25, 0.3) is 0 Å². The minimum absolute atomic E-state index is 0.217. The molecule has 5 nitrogen and oxygen atoms in total. The Balaban J connectivity index is 2.98. The molecule has 0 aliphatic heterocycles. The van der Waals surface area contributed by atoms with E-state index in [4.69, 9.17) is 10.4 Å². The standard InChI is InChI=1S/C11H5BrN2O3/c12-6-1-5(4-13)10-7(2-6)9(15)3-8(14-10)11(16)17/h1-3H,(H,14,15)(H,16,17). The quantitative estimate of drug-likeness (QED) is 0.839. The Hall–Kier alpha value is -2.13. The van der Waals surface area contributed by atoms with Crippen LogP contribution in [-0.4, -0.2) is 16.1 Å². The van der Waals surface area contributed by atoms with Crippen molar-refractivity contribution >= 4 is 32.8 Å². The summed E-state index contributed by atoms with van der Waals surface area (Å²) < 4.78 is 0.593. The van der Waals surface area contributed by atoms with Crippen molar-refractivity contribution in [2.75, 3.05) is 0 Å². The van der Waals surface area contributed by atoms with Crippen LogP contribution in [0.3, 0.4) is 0 Å². The van der Waals surface area contributed by atoms with Gasteiger partial charge in [-0.1, -0.05) is 15.9 Å². The zero-order valence-electron chi connectivity index (χ0n) is 8.32. The van der Waals surface area contributed by atoms with Gasteiger partial charge in [0.2, 0.25) is 0 Å². The highest BCUT2D eigenvalue weighted by Crippen LogP contribution is 2.20. The number of benzene rings is 1. The Morgan fingerprint density at radius 2 is 2.12 bits per heavy atom. The number of nitrogens with zero attached hydrogens (tertiary/aromatic N) is 1. The molecule has 0 unspecified atom stereocenters. The van der Waals surface area contributed by atoms with Crippen LogP contribution in [0.2, 0.25) is 0 Å². The maximum absolute atomic E-state index is 11.7. The molecule has 0 saturated heterocycles. The number of carboxylic acids is 1. The predicted molar refractivity (Wildman–Crippen MR) is 63.9 cm³/mol. The number of aromatic carboxylic acids is 1. The number of halogens is 1. The number of nitriles is 1. The van der Waals surface area contributed by atoms with E-state index in [1.54, 1.807) is 6.07 Å². The SMILES string of the molecule is N#Cc1cc(Br)cc2c(=O)cc(C(=O)O)[nH]c12. The second-order valence-corrected chi connectivity index (χ2v) is 4.26. The lowest BCUT2D eigenvalue weighted by Crippen LogP contribution is -2.10. The number of carboxylic acid groups (broad SMARTS) is 1. The van der Waals surface area contributed by atoms with Crippen molar-refractivity contribution in [3.8, 4) is 6.07 Å². The summed E-state index contributed by atoms with van der Waals surface area (Å²) in [6.45, 7) is 0. The van der Waals surface area contributed by atoms with Crippen LogP contribution in [-0.2, 0) is 0 Å². The second kappa shape index (κ2) is 4.03. The first kappa shape index (κ1) is 11.4. The Kier molecular flexibility index (Phi) is 2.69. The van der Waals surface area contributed by atoms with Gasteiger partial charge in [-0.2, -0.15) is 5.26 Å². The van der Waals surface area contributed by atoms with E-state index in [2.05, 4.69) is 20.9 Å². The molecule has 0 fully saturated rings. The first-order valence-corrected chi connectivity index (χ1v) is 5.32. The van der Waals surface area contributed by atoms with Gasteiger partial charge < -0.3 is 10.1 Å². The lowest BCUT2D eigenvalue weighted by molar-refractivity contribution is 0.0691. The third-order valence-electron chi connectivity index (χ3n) is 2.25. The van der Waals surface area contributed by atoms with Crippen LogP contribution in [0.4, 0.5) is 0 Å². The summed E-state index contributed by atoms with van der Waals surface area (Å²) in [4.78, 5) is 25.1. The largest absolute Gasteiger partial charge is 0.477 e. The molecular weight excluding hydrogens is 288 g/mol. The van der Waals surface area contributed by atoms with Gasteiger partial charge in [0.1, 0.15) is 11.8 Å². The highest BCUT2D eigenvalue weighted by atomic mass is 79.9. The molecule has 0 aliphatic carbocycles. The Morgan fingerprint density at radius 1 is 1.41 bits per heavy atom. The monoisotopic (exact) mass is 292 g/mol. The third-order valence-corrected chi connectivity index (χ3v) is 2.71. The Morgan fingerprint density at radius 3 is 2.71 bits per heavy atom. The molecule has 84 valence electrons. The molecule has 1 aromatic heterocycles. The zero-order chi connectivity index (χ0) is 12.6. The lowest BCUT2D eigenvalue weighted by Gasteiger charge is -2.03. The van der Waals surface area contributed by atoms with E-state index >= 15 is 0 Å². The summed E-state index contributed by atoms with van der Waals surface area (Å²) >= 11 is 3.19. The number of hydrogen-bond donors (Lipinski definition) is 2. The van der Waals surface area contributed by atoms with Crippen molar-refractivity contribution in [2.45, 2.75) is 0 Å². The van der Waals surface area contributed by atoms with Gasteiger partial charge in [-0.25, -0.2) is 4.79 Å². The molecule has 0 spiro atoms. The predicted octanol–water partition coefficient (Wildman–Crippen LogP) is 1.86. The van der Waals surface area contributed by atoms with Crippen LogP contribution in [0, 0.1) is 11.3 Å². The molecule has 0 atom stereocenters. The van der Waals surface area contributed by atoms with Crippen molar-refractivity contribution in [2.24, 2.45) is 0 Å². The van der Waals surface area contributed by atoms with E-state index in [1.165, 1.54) is 6.07 Å². The molecule has 0 amide bonds. The summed E-state index contributed by atoms with van der Waals surface area (Å²) in [6.07, 6.45) is 0. The van der Waals surface area contributed by atoms with E-state index in [1.807, 2.05) is 6.07 Å². The number of aromatic amines is 1. The van der Waals surface area contributed by atoms with E-state index < -0.39 is 11.4 Å². The second-order valence-electron chi connectivity index (χ2n) is 3.34. The van der Waals surface area contributed by atoms with Crippen molar-refractivity contribution in [3.63, 3.8) is 0 Å². The molecule has 1 heterocycles. The smallest absolute Gasteiger partial charge is 0.352 e. The minimum atomic E-state index is -1.24. The van der Waals surface area contributed by atoms with Crippen LogP contribution in [0.15, 0.2) is 27.5 Å². The number of fused-ring (bicyclic) bond motifs is 1. The molecule has 2 N–H and O–H groups in total. The van der Waals surface area contributed by atoms with Crippen molar-refractivity contribution in [3.05, 3.63) is 44.2 Å². The minimum Gasteiger partial charge on any atom is -0.477 e. The van der Waals surface area contributed by atoms with Crippen molar-refractivity contribution < 1.29 is 9.90 Å². The molecule has 6 heteroatoms. The number of nitrogens with one attached hydrogen (secondary N) is 1. The first-order chi connectivity index (χ1) is 8.02. The zero-order valence-corrected chi connectivity index (χ0v) is 9.91. The van der Waals surface area contributed by atoms with Crippen molar-refractivity contribution in [1.29, 1.82) is 5.26 Å². The van der Waals surface area contributed by atoms with Crippen LogP contribution in [0.5, 0.6) is 0 Å². The van der Waals surface area contributed by atoms with Gasteiger partial charge in [0.05, 0.1) is 11.1 Å². The van der Waals surface area contributed by atoms with Gasteiger partial charge in [0.15, 0.2) is 5.43 Å². The van der Waals surface area contributed by atoms with Gasteiger partial charge >= 0.3 is 5.97 Å². The molecule has 0 saturated carbocycles. The number of rotatable bonds is 1. The van der Waals surface area contributed by atoms with E-state index in [9.17, 15) is 9.59 Å². The molecule has 17 heavy (non-hydrogen) atoms. The van der Waals surface area contributed by atoms with E-state index in [0.29, 0.717) is 4.47 Å². The van der Waals surface area contributed by atoms with Gasteiger partial charge in [-0.15, -0.1) is 0 Å². The van der Waals surface area contributed by atoms with E-state index in [0.717, 1.165) is 6.07 Å². The average Bonchev–Trinajstić information content (AvgIpc) is 2.28. The molecule has 2 aromatic rings. The third kappa shape index (κ3) is 1.92.